The summed E-state index contributed by atoms with van der Waals surface area (Å²) >= 11 is 12.4. The zero-order valence-electron chi connectivity index (χ0n) is 18.0. The molecule has 2 aromatic carbocycles. The molecule has 0 saturated carbocycles. The van der Waals surface area contributed by atoms with Gasteiger partial charge in [-0.1, -0.05) is 54.4 Å². The van der Waals surface area contributed by atoms with Crippen molar-refractivity contribution >= 4 is 29.1 Å². The number of benzene rings is 2. The molecule has 0 radical (unpaired) electrons. The van der Waals surface area contributed by atoms with Crippen LogP contribution >= 0.6 is 23.2 Å². The van der Waals surface area contributed by atoms with E-state index in [0.29, 0.717) is 52.0 Å². The van der Waals surface area contributed by atoms with Crippen LogP contribution in [0.2, 0.25) is 10.0 Å². The molecule has 0 aliphatic carbocycles. The molecule has 33 heavy (non-hydrogen) atoms. The SMILES string of the molecule is CCCN(Cc1nnc(-c2ccccc2Cl)o1)C(=O)CCc1ncc(-c2ccccc2Cl)o1. The summed E-state index contributed by atoms with van der Waals surface area (Å²) in [6.45, 7) is 2.80. The first-order valence-electron chi connectivity index (χ1n) is 10.6. The second-order valence-corrected chi connectivity index (χ2v) is 8.21. The van der Waals surface area contributed by atoms with Gasteiger partial charge >= 0.3 is 0 Å². The molecule has 0 N–H and O–H groups in total. The lowest BCUT2D eigenvalue weighted by Crippen LogP contribution is -2.31. The van der Waals surface area contributed by atoms with Crippen LogP contribution in [0.25, 0.3) is 22.8 Å². The molecule has 0 unspecified atom stereocenters. The fraction of sp³-hybridized carbons (Fsp3) is 0.250. The maximum atomic E-state index is 12.9. The summed E-state index contributed by atoms with van der Waals surface area (Å²) in [4.78, 5) is 18.9. The second kappa shape index (κ2) is 10.6. The largest absolute Gasteiger partial charge is 0.441 e. The molecule has 2 aromatic heterocycles. The highest BCUT2D eigenvalue weighted by Gasteiger charge is 2.19. The molecular formula is C24H22Cl2N4O3. The van der Waals surface area contributed by atoms with Gasteiger partial charge in [0.05, 0.1) is 28.4 Å². The molecule has 1 amide bonds. The van der Waals surface area contributed by atoms with Crippen molar-refractivity contribution in [2.45, 2.75) is 32.7 Å². The quantitative estimate of drug-likeness (QED) is 0.286. The highest BCUT2D eigenvalue weighted by atomic mass is 35.5. The maximum Gasteiger partial charge on any atom is 0.249 e. The Labute approximate surface area is 201 Å². The molecule has 0 bridgehead atoms. The molecule has 0 aliphatic heterocycles. The first-order chi connectivity index (χ1) is 16.0. The van der Waals surface area contributed by atoms with Gasteiger partial charge in [-0.3, -0.25) is 4.79 Å². The summed E-state index contributed by atoms with van der Waals surface area (Å²) in [5.41, 5.74) is 1.42. The lowest BCUT2D eigenvalue weighted by Gasteiger charge is -2.19. The van der Waals surface area contributed by atoms with Crippen LogP contribution < -0.4 is 0 Å². The van der Waals surface area contributed by atoms with E-state index in [9.17, 15) is 4.79 Å². The number of hydrogen-bond acceptors (Lipinski definition) is 6. The number of amides is 1. The normalized spacial score (nSPS) is 11.0. The number of carbonyl (C=O) groups is 1. The third-order valence-corrected chi connectivity index (χ3v) is 5.65. The van der Waals surface area contributed by atoms with Gasteiger partial charge in [-0.25, -0.2) is 4.98 Å². The van der Waals surface area contributed by atoms with Gasteiger partial charge in [-0.05, 0) is 30.7 Å². The first-order valence-corrected chi connectivity index (χ1v) is 11.4. The molecular weight excluding hydrogens is 463 g/mol. The van der Waals surface area contributed by atoms with E-state index < -0.39 is 0 Å². The van der Waals surface area contributed by atoms with Gasteiger partial charge in [-0.15, -0.1) is 10.2 Å². The fourth-order valence-electron chi connectivity index (χ4n) is 3.37. The Bertz CT molecular complexity index is 1240. The molecule has 0 spiro atoms. The molecule has 4 aromatic rings. The third-order valence-electron chi connectivity index (χ3n) is 4.99. The highest BCUT2D eigenvalue weighted by molar-refractivity contribution is 6.33. The Balaban J connectivity index is 1.39. The minimum atomic E-state index is -0.0492. The van der Waals surface area contributed by atoms with E-state index in [1.807, 2.05) is 43.3 Å². The third kappa shape index (κ3) is 5.61. The van der Waals surface area contributed by atoms with Crippen LogP contribution in [0.1, 0.15) is 31.5 Å². The molecule has 0 atom stereocenters. The van der Waals surface area contributed by atoms with E-state index in [4.69, 9.17) is 32.0 Å². The fourth-order valence-corrected chi connectivity index (χ4v) is 3.81. The van der Waals surface area contributed by atoms with E-state index in [0.717, 1.165) is 12.0 Å². The number of carbonyl (C=O) groups excluding carboxylic acids is 1. The van der Waals surface area contributed by atoms with Crippen molar-refractivity contribution < 1.29 is 13.6 Å². The van der Waals surface area contributed by atoms with Crippen molar-refractivity contribution in [1.29, 1.82) is 0 Å². The summed E-state index contributed by atoms with van der Waals surface area (Å²) in [6.07, 6.45) is 3.04. The van der Waals surface area contributed by atoms with Crippen LogP contribution in [0, 0.1) is 0 Å². The van der Waals surface area contributed by atoms with Crippen molar-refractivity contribution in [1.82, 2.24) is 20.1 Å². The second-order valence-electron chi connectivity index (χ2n) is 7.39. The lowest BCUT2D eigenvalue weighted by atomic mass is 10.2. The van der Waals surface area contributed by atoms with Gasteiger partial charge in [0.1, 0.15) is 0 Å². The van der Waals surface area contributed by atoms with E-state index in [1.54, 1.807) is 23.2 Å². The number of rotatable bonds is 9. The molecule has 7 nitrogen and oxygen atoms in total. The summed E-state index contributed by atoms with van der Waals surface area (Å²) < 4.78 is 11.6. The van der Waals surface area contributed by atoms with Gasteiger partial charge < -0.3 is 13.7 Å². The molecule has 9 heteroatoms. The molecule has 170 valence electrons. The number of oxazole rings is 1. The number of halogens is 2. The number of hydrogen-bond donors (Lipinski definition) is 0. The average molecular weight is 485 g/mol. The zero-order valence-corrected chi connectivity index (χ0v) is 19.5. The van der Waals surface area contributed by atoms with Crippen molar-refractivity contribution in [2.75, 3.05) is 6.54 Å². The predicted molar refractivity (Wildman–Crippen MR) is 126 cm³/mol. The number of aromatic nitrogens is 3. The van der Waals surface area contributed by atoms with Gasteiger partial charge in [-0.2, -0.15) is 0 Å². The van der Waals surface area contributed by atoms with Crippen molar-refractivity contribution in [3.05, 3.63) is 76.6 Å². The van der Waals surface area contributed by atoms with Gasteiger partial charge in [0.15, 0.2) is 11.7 Å². The lowest BCUT2D eigenvalue weighted by molar-refractivity contribution is -0.132. The van der Waals surface area contributed by atoms with Crippen molar-refractivity contribution in [3.8, 4) is 22.8 Å². The summed E-state index contributed by atoms with van der Waals surface area (Å²) in [5.74, 6) is 1.68. The molecule has 0 fully saturated rings. The van der Waals surface area contributed by atoms with Crippen LogP contribution in [-0.4, -0.2) is 32.5 Å². The Morgan fingerprint density at radius 3 is 2.33 bits per heavy atom. The van der Waals surface area contributed by atoms with Crippen LogP contribution in [0.15, 0.2) is 63.6 Å². The van der Waals surface area contributed by atoms with Crippen molar-refractivity contribution in [2.24, 2.45) is 0 Å². The van der Waals surface area contributed by atoms with Gasteiger partial charge in [0, 0.05) is 24.9 Å². The average Bonchev–Trinajstić information content (AvgIpc) is 3.48. The molecule has 2 heterocycles. The smallest absolute Gasteiger partial charge is 0.249 e. The summed E-state index contributed by atoms with van der Waals surface area (Å²) in [7, 11) is 0. The molecule has 0 aliphatic rings. The monoisotopic (exact) mass is 484 g/mol. The first kappa shape index (κ1) is 23.0. The van der Waals surface area contributed by atoms with Crippen molar-refractivity contribution in [3.63, 3.8) is 0 Å². The van der Waals surface area contributed by atoms with Gasteiger partial charge in [0.25, 0.3) is 0 Å². The zero-order chi connectivity index (χ0) is 23.2. The van der Waals surface area contributed by atoms with E-state index in [-0.39, 0.29) is 18.9 Å². The maximum absolute atomic E-state index is 12.9. The Morgan fingerprint density at radius 1 is 0.939 bits per heavy atom. The summed E-state index contributed by atoms with van der Waals surface area (Å²) in [5, 5.41) is 9.27. The Morgan fingerprint density at radius 2 is 1.64 bits per heavy atom. The van der Waals surface area contributed by atoms with Crippen LogP contribution in [0.4, 0.5) is 0 Å². The minimum absolute atomic E-state index is 0.0492. The Hall–Kier alpha value is -3.16. The number of aryl methyl sites for hydroxylation is 1. The van der Waals surface area contributed by atoms with Crippen LogP contribution in [0.5, 0.6) is 0 Å². The highest BCUT2D eigenvalue weighted by Crippen LogP contribution is 2.29. The topological polar surface area (TPSA) is 85.3 Å². The number of nitrogens with zero attached hydrogens (tertiary/aromatic N) is 4. The van der Waals surface area contributed by atoms with E-state index in [1.165, 1.54) is 0 Å². The minimum Gasteiger partial charge on any atom is -0.441 e. The molecule has 0 saturated heterocycles. The van der Waals surface area contributed by atoms with Crippen LogP contribution in [-0.2, 0) is 17.8 Å². The van der Waals surface area contributed by atoms with Crippen LogP contribution in [0.3, 0.4) is 0 Å². The van der Waals surface area contributed by atoms with E-state index >= 15 is 0 Å². The standard InChI is InChI=1S/C24H22Cl2N4O3/c1-2-13-30(15-22-28-29-24(33-22)17-8-4-6-10-19(17)26)23(31)12-11-21-27-14-20(32-21)16-7-3-5-9-18(16)25/h3-10,14H,2,11-13,15H2,1H3. The van der Waals surface area contributed by atoms with E-state index in [2.05, 4.69) is 15.2 Å². The Kier molecular flexibility index (Phi) is 7.42. The van der Waals surface area contributed by atoms with Gasteiger partial charge in [0.2, 0.25) is 17.7 Å². The summed E-state index contributed by atoms with van der Waals surface area (Å²) in [6, 6.07) is 14.6. The molecule has 4 rings (SSSR count). The predicted octanol–water partition coefficient (Wildman–Crippen LogP) is 6.07.